The Morgan fingerprint density at radius 1 is 1.00 bits per heavy atom. The predicted molar refractivity (Wildman–Crippen MR) is 89.3 cm³/mol. The topological polar surface area (TPSA) is 63.4 Å². The standard InChI is InChI=1S/C16H28N2O2S/c1-5-7-9-18(10-8-6-2)15-11-14(4)16(12-13(15)3)21(17,19)20/h11-12H,5-10H2,1-4H3,(H2,17,19,20). The number of hydrogen-bond donors (Lipinski definition) is 1. The van der Waals surface area contributed by atoms with Crippen molar-refractivity contribution in [3.63, 3.8) is 0 Å². The van der Waals surface area contributed by atoms with Gasteiger partial charge in [0.05, 0.1) is 4.90 Å². The molecule has 0 aliphatic carbocycles. The summed E-state index contributed by atoms with van der Waals surface area (Å²) in [6.45, 7) is 10.1. The lowest BCUT2D eigenvalue weighted by atomic mass is 10.1. The Morgan fingerprint density at radius 2 is 1.52 bits per heavy atom. The normalized spacial score (nSPS) is 11.7. The fourth-order valence-electron chi connectivity index (χ4n) is 2.47. The molecule has 0 spiro atoms. The van der Waals surface area contributed by atoms with Crippen LogP contribution in [0.3, 0.4) is 0 Å². The number of anilines is 1. The van der Waals surface area contributed by atoms with Gasteiger partial charge in [-0.15, -0.1) is 0 Å². The van der Waals surface area contributed by atoms with Crippen molar-refractivity contribution in [3.05, 3.63) is 23.3 Å². The fraction of sp³-hybridized carbons (Fsp3) is 0.625. The average Bonchev–Trinajstić information content (AvgIpc) is 2.40. The molecule has 0 aromatic heterocycles. The van der Waals surface area contributed by atoms with E-state index in [1.54, 1.807) is 13.0 Å². The summed E-state index contributed by atoms with van der Waals surface area (Å²) in [6.07, 6.45) is 4.57. The molecular formula is C16H28N2O2S. The van der Waals surface area contributed by atoms with Crippen molar-refractivity contribution in [2.45, 2.75) is 58.3 Å². The van der Waals surface area contributed by atoms with E-state index < -0.39 is 10.0 Å². The highest BCUT2D eigenvalue weighted by atomic mass is 32.2. The molecular weight excluding hydrogens is 284 g/mol. The Labute approximate surface area is 129 Å². The number of nitrogens with zero attached hydrogens (tertiary/aromatic N) is 1. The highest BCUT2D eigenvalue weighted by Crippen LogP contribution is 2.27. The third kappa shape index (κ3) is 5.00. The molecule has 1 aromatic rings. The lowest BCUT2D eigenvalue weighted by Crippen LogP contribution is -2.27. The zero-order valence-corrected chi connectivity index (χ0v) is 14.5. The molecule has 5 heteroatoms. The monoisotopic (exact) mass is 312 g/mol. The SMILES string of the molecule is CCCCN(CCCC)c1cc(C)c(S(N)(=O)=O)cc1C. The minimum atomic E-state index is -3.65. The molecule has 1 aromatic carbocycles. The Morgan fingerprint density at radius 3 is 1.95 bits per heavy atom. The summed E-state index contributed by atoms with van der Waals surface area (Å²) in [5.41, 5.74) is 2.81. The fourth-order valence-corrected chi connectivity index (χ4v) is 3.32. The molecule has 0 radical (unpaired) electrons. The summed E-state index contributed by atoms with van der Waals surface area (Å²) in [4.78, 5) is 2.59. The maximum atomic E-state index is 11.6. The first-order valence-corrected chi connectivity index (χ1v) is 9.24. The van der Waals surface area contributed by atoms with Crippen LogP contribution in [0.4, 0.5) is 5.69 Å². The van der Waals surface area contributed by atoms with Gasteiger partial charge in [0.2, 0.25) is 10.0 Å². The number of hydrogen-bond acceptors (Lipinski definition) is 3. The van der Waals surface area contributed by atoms with E-state index in [1.807, 2.05) is 13.0 Å². The van der Waals surface area contributed by atoms with Gasteiger partial charge in [-0.3, -0.25) is 0 Å². The van der Waals surface area contributed by atoms with Gasteiger partial charge in [-0.2, -0.15) is 0 Å². The zero-order chi connectivity index (χ0) is 16.0. The molecule has 0 aliphatic rings. The highest BCUT2D eigenvalue weighted by Gasteiger charge is 2.16. The molecule has 4 nitrogen and oxygen atoms in total. The second-order valence-electron chi connectivity index (χ2n) is 5.64. The van der Waals surface area contributed by atoms with Crippen LogP contribution in [0.2, 0.25) is 0 Å². The summed E-state index contributed by atoms with van der Waals surface area (Å²) in [5, 5.41) is 5.27. The van der Waals surface area contributed by atoms with E-state index in [2.05, 4.69) is 18.7 Å². The van der Waals surface area contributed by atoms with Crippen LogP contribution in [-0.2, 0) is 10.0 Å². The van der Waals surface area contributed by atoms with Gasteiger partial charge in [0.1, 0.15) is 0 Å². The molecule has 0 bridgehead atoms. The second kappa shape index (κ2) is 7.80. The van der Waals surface area contributed by atoms with E-state index >= 15 is 0 Å². The van der Waals surface area contributed by atoms with Crippen molar-refractivity contribution in [2.75, 3.05) is 18.0 Å². The Balaban J connectivity index is 3.16. The van der Waals surface area contributed by atoms with Crippen LogP contribution >= 0.6 is 0 Å². The van der Waals surface area contributed by atoms with Crippen molar-refractivity contribution in [2.24, 2.45) is 5.14 Å². The minimum absolute atomic E-state index is 0.231. The van der Waals surface area contributed by atoms with Gasteiger partial charge in [-0.25, -0.2) is 13.6 Å². The maximum absolute atomic E-state index is 11.6. The number of rotatable bonds is 8. The number of sulfonamides is 1. The van der Waals surface area contributed by atoms with E-state index in [-0.39, 0.29) is 4.90 Å². The quantitative estimate of drug-likeness (QED) is 0.800. The van der Waals surface area contributed by atoms with Gasteiger partial charge < -0.3 is 4.90 Å². The summed E-state index contributed by atoms with van der Waals surface area (Å²) < 4.78 is 23.2. The van der Waals surface area contributed by atoms with Crippen LogP contribution in [0.25, 0.3) is 0 Å². The summed E-state index contributed by atoms with van der Waals surface area (Å²) >= 11 is 0. The largest absolute Gasteiger partial charge is 0.371 e. The van der Waals surface area contributed by atoms with Gasteiger partial charge in [-0.1, -0.05) is 26.7 Å². The minimum Gasteiger partial charge on any atom is -0.371 e. The third-order valence-electron chi connectivity index (χ3n) is 3.70. The van der Waals surface area contributed by atoms with Crippen LogP contribution in [0, 0.1) is 13.8 Å². The molecule has 2 N–H and O–H groups in total. The predicted octanol–water partition coefficient (Wildman–Crippen LogP) is 3.36. The van der Waals surface area contributed by atoms with Gasteiger partial charge in [0, 0.05) is 18.8 Å². The zero-order valence-electron chi connectivity index (χ0n) is 13.6. The third-order valence-corrected chi connectivity index (χ3v) is 4.76. The number of aryl methyl sites for hydroxylation is 2. The van der Waals surface area contributed by atoms with Crippen LogP contribution in [0.15, 0.2) is 17.0 Å². The molecule has 0 amide bonds. The maximum Gasteiger partial charge on any atom is 0.238 e. The van der Waals surface area contributed by atoms with E-state index in [9.17, 15) is 8.42 Å². The van der Waals surface area contributed by atoms with Gasteiger partial charge in [0.25, 0.3) is 0 Å². The van der Waals surface area contributed by atoms with Crippen LogP contribution in [0.5, 0.6) is 0 Å². The average molecular weight is 312 g/mol. The van der Waals surface area contributed by atoms with Crippen LogP contribution < -0.4 is 10.0 Å². The summed E-state index contributed by atoms with van der Waals surface area (Å²) in [7, 11) is -3.65. The van der Waals surface area contributed by atoms with E-state index in [4.69, 9.17) is 5.14 Å². The first-order valence-electron chi connectivity index (χ1n) is 7.70. The number of nitrogens with two attached hydrogens (primary N) is 1. The first kappa shape index (κ1) is 18.0. The summed E-state index contributed by atoms with van der Waals surface area (Å²) in [5.74, 6) is 0. The second-order valence-corrected chi connectivity index (χ2v) is 7.17. The van der Waals surface area contributed by atoms with Crippen molar-refractivity contribution in [1.29, 1.82) is 0 Å². The molecule has 0 saturated carbocycles. The van der Waals surface area contributed by atoms with E-state index in [0.717, 1.165) is 55.6 Å². The van der Waals surface area contributed by atoms with Crippen LogP contribution in [0.1, 0.15) is 50.7 Å². The molecule has 0 fully saturated rings. The number of unbranched alkanes of at least 4 members (excludes halogenated alkanes) is 2. The van der Waals surface area contributed by atoms with Gasteiger partial charge >= 0.3 is 0 Å². The Bertz CT molecular complexity index is 560. The number of benzene rings is 1. The Kier molecular flexibility index (Phi) is 6.68. The van der Waals surface area contributed by atoms with E-state index in [0.29, 0.717) is 0 Å². The number of primary sulfonamides is 1. The Hall–Kier alpha value is -1.07. The molecule has 21 heavy (non-hydrogen) atoms. The molecule has 0 aliphatic heterocycles. The van der Waals surface area contributed by atoms with Crippen molar-refractivity contribution in [3.8, 4) is 0 Å². The molecule has 0 unspecified atom stereocenters. The lowest BCUT2D eigenvalue weighted by molar-refractivity contribution is 0.597. The smallest absolute Gasteiger partial charge is 0.238 e. The highest BCUT2D eigenvalue weighted by molar-refractivity contribution is 7.89. The van der Waals surface area contributed by atoms with Crippen molar-refractivity contribution < 1.29 is 8.42 Å². The molecule has 0 atom stereocenters. The molecule has 0 heterocycles. The first-order chi connectivity index (χ1) is 9.81. The van der Waals surface area contributed by atoms with Crippen molar-refractivity contribution >= 4 is 15.7 Å². The van der Waals surface area contributed by atoms with Gasteiger partial charge in [0.15, 0.2) is 0 Å². The van der Waals surface area contributed by atoms with Crippen molar-refractivity contribution in [1.82, 2.24) is 0 Å². The lowest BCUT2D eigenvalue weighted by Gasteiger charge is -2.27. The van der Waals surface area contributed by atoms with Gasteiger partial charge in [-0.05, 0) is 49.9 Å². The molecule has 1 rings (SSSR count). The van der Waals surface area contributed by atoms with E-state index in [1.165, 1.54) is 0 Å². The van der Waals surface area contributed by atoms with Crippen LogP contribution in [-0.4, -0.2) is 21.5 Å². The molecule has 0 saturated heterocycles. The summed E-state index contributed by atoms with van der Waals surface area (Å²) in [6, 6.07) is 3.66. The molecule has 120 valence electrons.